The topological polar surface area (TPSA) is 44.5 Å². The van der Waals surface area contributed by atoms with Crippen LogP contribution in [0.25, 0.3) is 0 Å². The molecule has 0 spiro atoms. The van der Waals surface area contributed by atoms with E-state index in [2.05, 4.69) is 6.92 Å². The van der Waals surface area contributed by atoms with Crippen LogP contribution in [0.2, 0.25) is 0 Å². The van der Waals surface area contributed by atoms with Gasteiger partial charge in [-0.1, -0.05) is 6.92 Å². The highest BCUT2D eigenvalue weighted by molar-refractivity contribution is 5.51. The number of anilines is 1. The molecule has 0 unspecified atom stereocenters. The molecule has 3 nitrogen and oxygen atoms in total. The first-order valence-electron chi connectivity index (χ1n) is 4.93. The van der Waals surface area contributed by atoms with Crippen molar-refractivity contribution in [1.29, 1.82) is 0 Å². The number of rotatable bonds is 5. The summed E-state index contributed by atoms with van der Waals surface area (Å²) in [6.07, 6.45) is 0.973. The van der Waals surface area contributed by atoms with Crippen LogP contribution >= 0.6 is 0 Å². The van der Waals surface area contributed by atoms with Crippen LogP contribution in [0, 0.1) is 0 Å². The van der Waals surface area contributed by atoms with Gasteiger partial charge in [0, 0.05) is 11.8 Å². The predicted octanol–water partition coefficient (Wildman–Crippen LogP) is 2.46. The Morgan fingerprint density at radius 3 is 2.57 bits per heavy atom. The van der Waals surface area contributed by atoms with Gasteiger partial charge in [-0.05, 0) is 25.5 Å². The number of nitrogens with two attached hydrogens (primary N) is 1. The zero-order chi connectivity index (χ0) is 10.4. The summed E-state index contributed by atoms with van der Waals surface area (Å²) in [7, 11) is 0. The lowest BCUT2D eigenvalue weighted by atomic mass is 10.3. The van der Waals surface area contributed by atoms with Crippen molar-refractivity contribution in [2.24, 2.45) is 0 Å². The lowest BCUT2D eigenvalue weighted by Gasteiger charge is -2.11. The average molecular weight is 195 g/mol. The molecule has 0 heterocycles. The molecule has 2 N–H and O–H groups in total. The number of hydrogen-bond acceptors (Lipinski definition) is 3. The molecule has 1 rings (SSSR count). The standard InChI is InChI=1S/C11H17NO2/c1-3-7-14-11-8-9(12)5-6-10(11)13-4-2/h5-6,8H,3-4,7,12H2,1-2H3. The molecule has 78 valence electrons. The first kappa shape index (κ1) is 10.7. The van der Waals surface area contributed by atoms with Crippen molar-refractivity contribution < 1.29 is 9.47 Å². The Bertz CT molecular complexity index is 287. The van der Waals surface area contributed by atoms with Gasteiger partial charge in [0.15, 0.2) is 11.5 Å². The van der Waals surface area contributed by atoms with Gasteiger partial charge in [-0.25, -0.2) is 0 Å². The molecule has 0 saturated heterocycles. The fourth-order valence-electron chi connectivity index (χ4n) is 1.12. The zero-order valence-electron chi connectivity index (χ0n) is 8.75. The van der Waals surface area contributed by atoms with Crippen molar-refractivity contribution in [3.8, 4) is 11.5 Å². The monoisotopic (exact) mass is 195 g/mol. The smallest absolute Gasteiger partial charge is 0.163 e. The number of nitrogen functional groups attached to an aromatic ring is 1. The first-order valence-corrected chi connectivity index (χ1v) is 4.93. The van der Waals surface area contributed by atoms with Crippen LogP contribution in [0.15, 0.2) is 18.2 Å². The van der Waals surface area contributed by atoms with Crippen molar-refractivity contribution in [3.63, 3.8) is 0 Å². The van der Waals surface area contributed by atoms with E-state index >= 15 is 0 Å². The SMILES string of the molecule is CCCOc1cc(N)ccc1OCC. The minimum absolute atomic E-state index is 0.631. The summed E-state index contributed by atoms with van der Waals surface area (Å²) in [4.78, 5) is 0. The molecule has 1 aromatic carbocycles. The van der Waals surface area contributed by atoms with Crippen LogP contribution in [0.5, 0.6) is 11.5 Å². The molecule has 14 heavy (non-hydrogen) atoms. The van der Waals surface area contributed by atoms with Crippen LogP contribution in [0.1, 0.15) is 20.3 Å². The lowest BCUT2D eigenvalue weighted by molar-refractivity contribution is 0.277. The van der Waals surface area contributed by atoms with Gasteiger partial charge in [0.05, 0.1) is 13.2 Å². The highest BCUT2D eigenvalue weighted by Crippen LogP contribution is 2.29. The second-order valence-electron chi connectivity index (χ2n) is 2.99. The lowest BCUT2D eigenvalue weighted by Crippen LogP contribution is -2.00. The van der Waals surface area contributed by atoms with Crippen LogP contribution in [0.3, 0.4) is 0 Å². The fraction of sp³-hybridized carbons (Fsp3) is 0.455. The molecule has 0 aliphatic heterocycles. The largest absolute Gasteiger partial charge is 0.490 e. The van der Waals surface area contributed by atoms with Crippen molar-refractivity contribution in [1.82, 2.24) is 0 Å². The van der Waals surface area contributed by atoms with E-state index in [1.807, 2.05) is 19.1 Å². The van der Waals surface area contributed by atoms with E-state index in [1.165, 1.54) is 0 Å². The minimum Gasteiger partial charge on any atom is -0.490 e. The predicted molar refractivity (Wildman–Crippen MR) is 57.8 cm³/mol. The number of ether oxygens (including phenoxy) is 2. The van der Waals surface area contributed by atoms with Crippen molar-refractivity contribution in [2.75, 3.05) is 18.9 Å². The van der Waals surface area contributed by atoms with Crippen molar-refractivity contribution in [3.05, 3.63) is 18.2 Å². The van der Waals surface area contributed by atoms with Gasteiger partial charge >= 0.3 is 0 Å². The van der Waals surface area contributed by atoms with E-state index in [4.69, 9.17) is 15.2 Å². The van der Waals surface area contributed by atoms with Gasteiger partial charge in [-0.2, -0.15) is 0 Å². The highest BCUT2D eigenvalue weighted by Gasteiger charge is 2.04. The first-order chi connectivity index (χ1) is 6.77. The summed E-state index contributed by atoms with van der Waals surface area (Å²) < 4.78 is 10.9. The Morgan fingerprint density at radius 2 is 1.93 bits per heavy atom. The molecule has 0 bridgehead atoms. The maximum absolute atomic E-state index is 5.66. The summed E-state index contributed by atoms with van der Waals surface area (Å²) in [5, 5.41) is 0. The van der Waals surface area contributed by atoms with Gasteiger partial charge in [0.2, 0.25) is 0 Å². The van der Waals surface area contributed by atoms with E-state index < -0.39 is 0 Å². The molecule has 3 heteroatoms. The Hall–Kier alpha value is -1.38. The Morgan fingerprint density at radius 1 is 1.14 bits per heavy atom. The molecule has 0 aliphatic carbocycles. The third-order valence-electron chi connectivity index (χ3n) is 1.73. The number of hydrogen-bond donors (Lipinski definition) is 1. The van der Waals surface area contributed by atoms with E-state index in [0.29, 0.717) is 18.9 Å². The normalized spacial score (nSPS) is 9.86. The quantitative estimate of drug-likeness (QED) is 0.734. The fourth-order valence-corrected chi connectivity index (χ4v) is 1.12. The van der Waals surface area contributed by atoms with Crippen LogP contribution in [-0.2, 0) is 0 Å². The second kappa shape index (κ2) is 5.37. The van der Waals surface area contributed by atoms with Crippen molar-refractivity contribution in [2.45, 2.75) is 20.3 Å². The molecule has 0 fully saturated rings. The summed E-state index contributed by atoms with van der Waals surface area (Å²) >= 11 is 0. The Labute approximate surface area is 84.8 Å². The molecule has 1 aromatic rings. The highest BCUT2D eigenvalue weighted by atomic mass is 16.5. The molecule has 0 aliphatic rings. The van der Waals surface area contributed by atoms with Gasteiger partial charge in [-0.15, -0.1) is 0 Å². The van der Waals surface area contributed by atoms with Crippen molar-refractivity contribution >= 4 is 5.69 Å². The third-order valence-corrected chi connectivity index (χ3v) is 1.73. The second-order valence-corrected chi connectivity index (χ2v) is 2.99. The number of benzene rings is 1. The Balaban J connectivity index is 2.79. The third kappa shape index (κ3) is 2.83. The minimum atomic E-state index is 0.631. The summed E-state index contributed by atoms with van der Waals surface area (Å²) in [5.41, 5.74) is 6.35. The molecular weight excluding hydrogens is 178 g/mol. The van der Waals surface area contributed by atoms with Crippen LogP contribution in [0.4, 0.5) is 5.69 Å². The van der Waals surface area contributed by atoms with E-state index in [9.17, 15) is 0 Å². The molecule has 0 aromatic heterocycles. The molecule has 0 saturated carbocycles. The molecule has 0 amide bonds. The van der Waals surface area contributed by atoms with E-state index in [-0.39, 0.29) is 0 Å². The van der Waals surface area contributed by atoms with Crippen LogP contribution < -0.4 is 15.2 Å². The molecule has 0 atom stereocenters. The van der Waals surface area contributed by atoms with E-state index in [1.54, 1.807) is 6.07 Å². The molecule has 0 radical (unpaired) electrons. The van der Waals surface area contributed by atoms with Crippen LogP contribution in [-0.4, -0.2) is 13.2 Å². The van der Waals surface area contributed by atoms with Gasteiger partial charge in [0.25, 0.3) is 0 Å². The Kier molecular flexibility index (Phi) is 4.11. The van der Waals surface area contributed by atoms with Gasteiger partial charge < -0.3 is 15.2 Å². The van der Waals surface area contributed by atoms with E-state index in [0.717, 1.165) is 17.9 Å². The van der Waals surface area contributed by atoms with Gasteiger partial charge in [-0.3, -0.25) is 0 Å². The maximum Gasteiger partial charge on any atom is 0.163 e. The van der Waals surface area contributed by atoms with Gasteiger partial charge in [0.1, 0.15) is 0 Å². The average Bonchev–Trinajstić information content (AvgIpc) is 2.18. The molecular formula is C11H17NO2. The zero-order valence-corrected chi connectivity index (χ0v) is 8.75. The summed E-state index contributed by atoms with van der Waals surface area (Å²) in [6.45, 7) is 5.32. The maximum atomic E-state index is 5.66. The summed E-state index contributed by atoms with van der Waals surface area (Å²) in [6, 6.07) is 5.44. The summed E-state index contributed by atoms with van der Waals surface area (Å²) in [5.74, 6) is 1.49.